The molecule has 2 bridgehead atoms. The van der Waals surface area contributed by atoms with Crippen LogP contribution in [0, 0.1) is 35.0 Å². The van der Waals surface area contributed by atoms with E-state index in [1.807, 2.05) is 0 Å². The van der Waals surface area contributed by atoms with Gasteiger partial charge in [-0.2, -0.15) is 0 Å². The summed E-state index contributed by atoms with van der Waals surface area (Å²) in [5.41, 5.74) is -0.621. The van der Waals surface area contributed by atoms with Crippen molar-refractivity contribution in [2.24, 2.45) is 35.0 Å². The van der Waals surface area contributed by atoms with Crippen LogP contribution >= 0.6 is 0 Å². The molecule has 2 saturated heterocycles. The Morgan fingerprint density at radius 2 is 0.976 bits per heavy atom. The van der Waals surface area contributed by atoms with Crippen LogP contribution in [0.1, 0.15) is 13.8 Å². The van der Waals surface area contributed by atoms with Gasteiger partial charge in [0.05, 0.1) is 35.0 Å². The largest absolute Gasteiger partial charge is 0.573 e. The first-order chi connectivity index (χ1) is 19.5. The van der Waals surface area contributed by atoms with Crippen molar-refractivity contribution in [3.63, 3.8) is 0 Å². The molecule has 4 amide bonds. The first-order valence-corrected chi connectivity index (χ1v) is 12.7. The number of ether oxygens (including phenoxy) is 2. The lowest BCUT2D eigenvalue weighted by Crippen LogP contribution is -2.57. The van der Waals surface area contributed by atoms with E-state index in [1.165, 1.54) is 0 Å². The Balaban J connectivity index is 1.33. The van der Waals surface area contributed by atoms with Crippen molar-refractivity contribution in [1.29, 1.82) is 0 Å². The fraction of sp³-hybridized carbons (Fsp3) is 0.357. The van der Waals surface area contributed by atoms with Gasteiger partial charge in [0.15, 0.2) is 0 Å². The highest BCUT2D eigenvalue weighted by Crippen LogP contribution is 2.66. The predicted molar refractivity (Wildman–Crippen MR) is 131 cm³/mol. The van der Waals surface area contributed by atoms with Crippen molar-refractivity contribution in [1.82, 2.24) is 0 Å². The van der Waals surface area contributed by atoms with Crippen molar-refractivity contribution in [3.8, 4) is 11.5 Å². The van der Waals surface area contributed by atoms with E-state index in [0.717, 1.165) is 58.3 Å². The number of benzene rings is 2. The standard InChI is InChI=1S/C28H20F6N2O6/c1-12-11-26(2)20-18(22(37)35(24(20)39)13-3-7-15(8-4-13)41-27(29,30)31)17(12)19-21(26)25(40)36(23(19)38)14-5-9-16(10-6-14)42-28(32,33)34/h3-11,17-21H,1-2H3/t17?,18-,19-,20-,21+,26?/m0/s1. The molecular formula is C28H20F6N2O6. The van der Waals surface area contributed by atoms with E-state index in [-0.39, 0.29) is 11.4 Å². The van der Waals surface area contributed by atoms with E-state index in [1.54, 1.807) is 19.9 Å². The SMILES string of the molecule is CC1=CC2(C)[C@@H]3C(=O)N(c4ccc(OC(F)(F)F)cc4)C(=O)[C@H]3C1[C@@H]1C(=O)N(c3ccc(OC(F)(F)F)cc3)C(=O)[C@@H]12. The Hall–Kier alpha value is -4.36. The maximum absolute atomic E-state index is 13.8. The van der Waals surface area contributed by atoms with Crippen LogP contribution in [-0.2, 0) is 19.2 Å². The highest BCUT2D eigenvalue weighted by Gasteiger charge is 2.74. The van der Waals surface area contributed by atoms with E-state index < -0.39 is 82.9 Å². The normalized spacial score (nSPS) is 30.5. The molecule has 2 aromatic carbocycles. The number of rotatable bonds is 4. The van der Waals surface area contributed by atoms with Gasteiger partial charge in [-0.1, -0.05) is 18.6 Å². The zero-order chi connectivity index (χ0) is 30.5. The molecule has 0 radical (unpaired) electrons. The topological polar surface area (TPSA) is 93.2 Å². The lowest BCUT2D eigenvalue weighted by atomic mass is 9.46. The minimum absolute atomic E-state index is 0.0141. The molecule has 220 valence electrons. The minimum atomic E-state index is -4.93. The number of nitrogens with zero attached hydrogens (tertiary/aromatic N) is 2. The quantitative estimate of drug-likeness (QED) is 0.282. The molecular weight excluding hydrogens is 574 g/mol. The average Bonchev–Trinajstić information content (AvgIpc) is 3.30. The summed E-state index contributed by atoms with van der Waals surface area (Å²) in [6, 6.07) is 8.44. The third kappa shape index (κ3) is 4.06. The van der Waals surface area contributed by atoms with Gasteiger partial charge in [0, 0.05) is 11.3 Å². The van der Waals surface area contributed by atoms with E-state index in [9.17, 15) is 45.5 Å². The van der Waals surface area contributed by atoms with Crippen molar-refractivity contribution in [2.45, 2.75) is 26.6 Å². The molecule has 1 saturated carbocycles. The first kappa shape index (κ1) is 27.8. The second-order valence-corrected chi connectivity index (χ2v) is 10.9. The van der Waals surface area contributed by atoms with Gasteiger partial charge in [-0.25, -0.2) is 0 Å². The van der Waals surface area contributed by atoms with Crippen LogP contribution in [0.15, 0.2) is 60.2 Å². The average molecular weight is 594 g/mol. The van der Waals surface area contributed by atoms with Gasteiger partial charge in [0.2, 0.25) is 23.6 Å². The molecule has 3 fully saturated rings. The number of carbonyl (C=O) groups is 4. The summed E-state index contributed by atoms with van der Waals surface area (Å²) in [5.74, 6) is -8.63. The van der Waals surface area contributed by atoms with Gasteiger partial charge in [-0.3, -0.25) is 29.0 Å². The number of halogens is 6. The second kappa shape index (κ2) is 8.82. The van der Waals surface area contributed by atoms with Gasteiger partial charge in [-0.15, -0.1) is 26.3 Å². The summed E-state index contributed by atoms with van der Waals surface area (Å²) < 4.78 is 83.2. The summed E-state index contributed by atoms with van der Waals surface area (Å²) in [7, 11) is 0. The number of allylic oxidation sites excluding steroid dienone is 2. The Morgan fingerprint density at radius 3 is 1.31 bits per heavy atom. The van der Waals surface area contributed by atoms with E-state index in [0.29, 0.717) is 5.57 Å². The van der Waals surface area contributed by atoms with Crippen LogP contribution in [0.2, 0.25) is 0 Å². The van der Waals surface area contributed by atoms with Gasteiger partial charge in [0.25, 0.3) is 0 Å². The first-order valence-electron chi connectivity index (χ1n) is 12.7. The summed E-state index contributed by atoms with van der Waals surface area (Å²) in [5, 5.41) is 0. The Morgan fingerprint density at radius 1 is 0.619 bits per heavy atom. The fourth-order valence-electron chi connectivity index (χ4n) is 7.27. The number of imide groups is 2. The molecule has 0 spiro atoms. The zero-order valence-corrected chi connectivity index (χ0v) is 21.7. The lowest BCUT2D eigenvalue weighted by Gasteiger charge is -2.53. The van der Waals surface area contributed by atoms with Gasteiger partial charge < -0.3 is 9.47 Å². The van der Waals surface area contributed by atoms with Crippen LogP contribution in [0.25, 0.3) is 0 Å². The molecule has 2 unspecified atom stereocenters. The van der Waals surface area contributed by atoms with Crippen LogP contribution in [-0.4, -0.2) is 36.4 Å². The highest BCUT2D eigenvalue weighted by atomic mass is 19.4. The van der Waals surface area contributed by atoms with Crippen LogP contribution < -0.4 is 19.3 Å². The van der Waals surface area contributed by atoms with Crippen molar-refractivity contribution >= 4 is 35.0 Å². The van der Waals surface area contributed by atoms with Crippen molar-refractivity contribution < 1.29 is 55.0 Å². The summed E-state index contributed by atoms with van der Waals surface area (Å²) in [6.07, 6.45) is -8.14. The smallest absolute Gasteiger partial charge is 0.406 e. The maximum atomic E-state index is 13.8. The number of amides is 4. The molecule has 0 N–H and O–H groups in total. The van der Waals surface area contributed by atoms with Crippen molar-refractivity contribution in [2.75, 3.05) is 9.80 Å². The number of anilines is 2. The van der Waals surface area contributed by atoms with Crippen LogP contribution in [0.4, 0.5) is 37.7 Å². The van der Waals surface area contributed by atoms with Crippen LogP contribution in [0.3, 0.4) is 0 Å². The van der Waals surface area contributed by atoms with Crippen molar-refractivity contribution in [3.05, 3.63) is 60.2 Å². The molecule has 7 rings (SSSR count). The molecule has 3 aliphatic carbocycles. The predicted octanol–water partition coefficient (Wildman–Crippen LogP) is 4.99. The highest BCUT2D eigenvalue weighted by molar-refractivity contribution is 6.26. The van der Waals surface area contributed by atoms with Gasteiger partial charge in [-0.05, 0) is 55.5 Å². The number of carbonyl (C=O) groups excluding carboxylic acids is 4. The fourth-order valence-corrected chi connectivity index (χ4v) is 7.27. The molecule has 14 heteroatoms. The molecule has 42 heavy (non-hydrogen) atoms. The molecule has 5 aliphatic rings. The third-order valence-electron chi connectivity index (χ3n) is 8.54. The summed E-state index contributed by atoms with van der Waals surface area (Å²) >= 11 is 0. The van der Waals surface area contributed by atoms with E-state index in [2.05, 4.69) is 9.47 Å². The number of hydrogen-bond donors (Lipinski definition) is 0. The third-order valence-corrected chi connectivity index (χ3v) is 8.54. The summed E-state index contributed by atoms with van der Waals surface area (Å²) in [4.78, 5) is 56.9. The maximum Gasteiger partial charge on any atom is 0.573 e. The molecule has 0 aromatic heterocycles. The monoisotopic (exact) mass is 594 g/mol. The molecule has 6 atom stereocenters. The van der Waals surface area contributed by atoms with Crippen LogP contribution in [0.5, 0.6) is 11.5 Å². The Bertz CT molecular complexity index is 1440. The summed E-state index contributed by atoms with van der Waals surface area (Å²) in [6.45, 7) is 3.31. The van der Waals surface area contributed by atoms with Gasteiger partial charge in [0.1, 0.15) is 11.5 Å². The molecule has 2 aromatic rings. The molecule has 2 heterocycles. The van der Waals surface area contributed by atoms with E-state index in [4.69, 9.17) is 0 Å². The number of hydrogen-bond acceptors (Lipinski definition) is 6. The second-order valence-electron chi connectivity index (χ2n) is 10.9. The number of alkyl halides is 6. The minimum Gasteiger partial charge on any atom is -0.406 e. The van der Waals surface area contributed by atoms with E-state index >= 15 is 0 Å². The Labute approximate surface area is 233 Å². The van der Waals surface area contributed by atoms with Gasteiger partial charge >= 0.3 is 12.7 Å². The molecule has 2 aliphatic heterocycles. The molecule has 8 nitrogen and oxygen atoms in total. The lowest BCUT2D eigenvalue weighted by molar-refractivity contribution is -0.275. The Kier molecular flexibility index (Phi) is 5.84. The zero-order valence-electron chi connectivity index (χ0n) is 21.7.